The van der Waals surface area contributed by atoms with Gasteiger partial charge < -0.3 is 28.9 Å². The number of rotatable bonds is 7. The summed E-state index contributed by atoms with van der Waals surface area (Å²) in [4.78, 5) is 31.2. The van der Waals surface area contributed by atoms with E-state index in [9.17, 15) is 18.0 Å². The Morgan fingerprint density at radius 1 is 0.977 bits per heavy atom. The van der Waals surface area contributed by atoms with Crippen LogP contribution in [0.15, 0.2) is 47.4 Å². The molecule has 0 radical (unpaired) electrons. The fourth-order valence-electron chi connectivity index (χ4n) is 5.38. The summed E-state index contributed by atoms with van der Waals surface area (Å²) in [6.45, 7) is 10.7. The van der Waals surface area contributed by atoms with E-state index in [1.165, 1.54) is 6.07 Å². The third-order valence-corrected chi connectivity index (χ3v) is 9.17. The van der Waals surface area contributed by atoms with Gasteiger partial charge in [0.25, 0.3) is 10.0 Å². The number of anilines is 2. The van der Waals surface area contributed by atoms with Crippen molar-refractivity contribution in [1.29, 1.82) is 0 Å². The number of fused-ring (bicyclic) bond motifs is 1. The van der Waals surface area contributed by atoms with Crippen molar-refractivity contribution in [3.05, 3.63) is 48.2 Å². The Hall–Kier alpha value is -3.84. The molecule has 0 N–H and O–H groups in total. The predicted molar refractivity (Wildman–Crippen MR) is 162 cm³/mol. The Labute approximate surface area is 252 Å². The molecule has 2 aromatic carbocycles. The van der Waals surface area contributed by atoms with Crippen molar-refractivity contribution in [2.24, 2.45) is 0 Å². The van der Waals surface area contributed by atoms with E-state index in [0.29, 0.717) is 38.1 Å². The largest absolute Gasteiger partial charge is 0.461 e. The van der Waals surface area contributed by atoms with Crippen LogP contribution in [0.1, 0.15) is 44.6 Å². The minimum atomic E-state index is -4.20. The SMILES string of the molecule is CCOC(=O)c1nn(S(=O)(=O)c2cccc(N3CCC(OC)C3)c2)c2cc(N3CCN(C(=O)OC(C)(C)C)CC3)ccc12. The number of esters is 1. The van der Waals surface area contributed by atoms with Gasteiger partial charge in [0.2, 0.25) is 0 Å². The van der Waals surface area contributed by atoms with Gasteiger partial charge in [-0.3, -0.25) is 0 Å². The second kappa shape index (κ2) is 12.0. The summed E-state index contributed by atoms with van der Waals surface area (Å²) in [5.41, 5.74) is 1.13. The molecule has 2 fully saturated rings. The fourth-order valence-corrected chi connectivity index (χ4v) is 6.70. The lowest BCUT2D eigenvalue weighted by atomic mass is 10.1. The van der Waals surface area contributed by atoms with Crippen molar-refractivity contribution in [3.63, 3.8) is 0 Å². The van der Waals surface area contributed by atoms with Gasteiger partial charge in [-0.1, -0.05) is 6.07 Å². The van der Waals surface area contributed by atoms with Crippen molar-refractivity contribution in [3.8, 4) is 0 Å². The van der Waals surface area contributed by atoms with Gasteiger partial charge >= 0.3 is 12.1 Å². The number of ether oxygens (including phenoxy) is 3. The Bertz CT molecular complexity index is 1610. The molecule has 1 amide bonds. The molecule has 0 saturated carbocycles. The molecule has 12 nitrogen and oxygen atoms in total. The van der Waals surface area contributed by atoms with Gasteiger partial charge in [-0.2, -0.15) is 12.5 Å². The minimum Gasteiger partial charge on any atom is -0.461 e. The highest BCUT2D eigenvalue weighted by Gasteiger charge is 2.30. The molecule has 3 aromatic rings. The van der Waals surface area contributed by atoms with Crippen LogP contribution >= 0.6 is 0 Å². The number of hydrogen-bond acceptors (Lipinski definition) is 10. The summed E-state index contributed by atoms with van der Waals surface area (Å²) in [5, 5.41) is 4.67. The van der Waals surface area contributed by atoms with Crippen LogP contribution in [0.2, 0.25) is 0 Å². The van der Waals surface area contributed by atoms with E-state index in [4.69, 9.17) is 14.2 Å². The zero-order chi connectivity index (χ0) is 30.9. The number of carbonyl (C=O) groups is 2. The van der Waals surface area contributed by atoms with Gasteiger partial charge in [0.05, 0.1) is 23.1 Å². The van der Waals surface area contributed by atoms with E-state index in [0.717, 1.165) is 28.4 Å². The normalized spacial score (nSPS) is 17.9. The summed E-state index contributed by atoms with van der Waals surface area (Å²) in [6, 6.07) is 12.0. The van der Waals surface area contributed by atoms with Gasteiger partial charge in [0.1, 0.15) is 5.60 Å². The molecule has 0 bridgehead atoms. The lowest BCUT2D eigenvalue weighted by molar-refractivity contribution is 0.0240. The van der Waals surface area contributed by atoms with Crippen molar-refractivity contribution in [2.45, 2.75) is 50.7 Å². The van der Waals surface area contributed by atoms with E-state index >= 15 is 0 Å². The maximum Gasteiger partial charge on any atom is 0.410 e. The van der Waals surface area contributed by atoms with Gasteiger partial charge in [0.15, 0.2) is 5.69 Å². The first-order chi connectivity index (χ1) is 20.4. The summed E-state index contributed by atoms with van der Waals surface area (Å²) < 4.78 is 45.3. The van der Waals surface area contributed by atoms with E-state index in [1.807, 2.05) is 32.9 Å². The average molecular weight is 614 g/mol. The van der Waals surface area contributed by atoms with Crippen LogP contribution in [0.4, 0.5) is 16.2 Å². The first-order valence-electron chi connectivity index (χ1n) is 14.5. The molecule has 5 rings (SSSR count). The molecule has 1 unspecified atom stereocenters. The Morgan fingerprint density at radius 3 is 2.35 bits per heavy atom. The number of methoxy groups -OCH3 is 1. The third kappa shape index (κ3) is 6.42. The van der Waals surface area contributed by atoms with Crippen LogP contribution in [-0.2, 0) is 24.2 Å². The monoisotopic (exact) mass is 613 g/mol. The highest BCUT2D eigenvalue weighted by Crippen LogP contribution is 2.31. The number of benzene rings is 2. The quantitative estimate of drug-likeness (QED) is 0.364. The molecule has 1 atom stereocenters. The van der Waals surface area contributed by atoms with Crippen LogP contribution in [0, 0.1) is 0 Å². The van der Waals surface area contributed by atoms with E-state index in [-0.39, 0.29) is 34.9 Å². The molecule has 2 saturated heterocycles. The van der Waals surface area contributed by atoms with Crippen molar-refractivity contribution in [1.82, 2.24) is 14.1 Å². The maximum atomic E-state index is 14.1. The van der Waals surface area contributed by atoms with Gasteiger partial charge in [-0.25, -0.2) is 9.59 Å². The second-order valence-electron chi connectivity index (χ2n) is 11.7. The topological polar surface area (TPSA) is 124 Å². The van der Waals surface area contributed by atoms with E-state index < -0.39 is 21.6 Å². The Kier molecular flexibility index (Phi) is 8.57. The van der Waals surface area contributed by atoms with E-state index in [2.05, 4.69) is 14.9 Å². The first-order valence-corrected chi connectivity index (χ1v) is 15.9. The van der Waals surface area contributed by atoms with Crippen molar-refractivity contribution >= 4 is 44.4 Å². The summed E-state index contributed by atoms with van der Waals surface area (Å²) in [6.07, 6.45) is 0.584. The first kappa shape index (κ1) is 30.6. The number of carbonyl (C=O) groups excluding carboxylic acids is 2. The smallest absolute Gasteiger partial charge is 0.410 e. The number of hydrogen-bond donors (Lipinski definition) is 0. The zero-order valence-electron chi connectivity index (χ0n) is 25.3. The van der Waals surface area contributed by atoms with Crippen LogP contribution in [-0.4, -0.2) is 99.3 Å². The van der Waals surface area contributed by atoms with Crippen molar-refractivity contribution < 1.29 is 32.2 Å². The van der Waals surface area contributed by atoms with E-state index in [1.54, 1.807) is 43.2 Å². The highest BCUT2D eigenvalue weighted by atomic mass is 32.2. The average Bonchev–Trinajstić information content (AvgIpc) is 3.62. The standard InChI is InChI=1S/C30H39N5O7S/c1-6-41-28(36)27-25-11-10-22(32-14-16-33(17-15-32)29(37)42-30(2,3)4)19-26(25)35(31-27)43(38,39)24-9-7-8-21(18-24)34-13-12-23(20-34)40-5/h7-11,18-19,23H,6,12-17,20H2,1-5H3. The molecular weight excluding hydrogens is 574 g/mol. The van der Waals surface area contributed by atoms with Crippen LogP contribution in [0.3, 0.4) is 0 Å². The summed E-state index contributed by atoms with van der Waals surface area (Å²) >= 11 is 0. The molecule has 0 spiro atoms. The van der Waals surface area contributed by atoms with Gasteiger partial charge in [-0.15, -0.1) is 5.10 Å². The molecule has 3 heterocycles. The molecule has 43 heavy (non-hydrogen) atoms. The van der Waals surface area contributed by atoms with Gasteiger partial charge in [-0.05, 0) is 70.5 Å². The Balaban J connectivity index is 1.48. The van der Waals surface area contributed by atoms with Crippen LogP contribution in [0.5, 0.6) is 0 Å². The fraction of sp³-hybridized carbons (Fsp3) is 0.500. The number of aromatic nitrogens is 2. The third-order valence-electron chi connectivity index (χ3n) is 7.59. The lowest BCUT2D eigenvalue weighted by Crippen LogP contribution is -2.50. The predicted octanol–water partition coefficient (Wildman–Crippen LogP) is 3.73. The van der Waals surface area contributed by atoms with Crippen LogP contribution < -0.4 is 9.80 Å². The molecular formula is C30H39N5O7S. The number of nitrogens with zero attached hydrogens (tertiary/aromatic N) is 5. The number of amides is 1. The maximum absolute atomic E-state index is 14.1. The van der Waals surface area contributed by atoms with Crippen LogP contribution in [0.25, 0.3) is 10.9 Å². The molecule has 13 heteroatoms. The number of piperazine rings is 1. The molecule has 1 aromatic heterocycles. The van der Waals surface area contributed by atoms with Gasteiger partial charge in [0, 0.05) is 63.1 Å². The second-order valence-corrected chi connectivity index (χ2v) is 13.4. The molecule has 232 valence electrons. The Morgan fingerprint density at radius 2 is 1.70 bits per heavy atom. The molecule has 2 aliphatic heterocycles. The van der Waals surface area contributed by atoms with Crippen molar-refractivity contribution in [2.75, 3.05) is 62.8 Å². The highest BCUT2D eigenvalue weighted by molar-refractivity contribution is 7.90. The zero-order valence-corrected chi connectivity index (χ0v) is 26.1. The summed E-state index contributed by atoms with van der Waals surface area (Å²) in [5.74, 6) is -0.698. The molecule has 2 aliphatic rings. The minimum absolute atomic E-state index is 0.0575. The summed E-state index contributed by atoms with van der Waals surface area (Å²) in [7, 11) is -2.52. The lowest BCUT2D eigenvalue weighted by Gasteiger charge is -2.36. The molecule has 0 aliphatic carbocycles.